The third-order valence-electron chi connectivity index (χ3n) is 21.5. The summed E-state index contributed by atoms with van der Waals surface area (Å²) >= 11 is 0. The van der Waals surface area contributed by atoms with Crippen molar-refractivity contribution >= 4 is 55.5 Å². The molecule has 26 nitrogen and oxygen atoms in total. The van der Waals surface area contributed by atoms with Gasteiger partial charge in [0.15, 0.2) is 29.5 Å². The molecule has 8 N–H and O–H groups in total. The van der Waals surface area contributed by atoms with Crippen molar-refractivity contribution in [2.24, 2.45) is 33.5 Å². The molecule has 0 spiro atoms. The van der Waals surface area contributed by atoms with E-state index in [1.54, 1.807) is 12.2 Å². The summed E-state index contributed by atoms with van der Waals surface area (Å²) in [6.45, 7) is 31.8. The maximum Gasteiger partial charge on any atom is 0.350 e. The summed E-state index contributed by atoms with van der Waals surface area (Å²) in [5.41, 5.74) is 5.62. The molecule has 2 atom stereocenters. The molecule has 4 rings (SSSR count). The summed E-state index contributed by atoms with van der Waals surface area (Å²) < 4.78 is 82.2. The molecule has 4 aliphatic carbocycles. The molecule has 0 aromatic rings. The van der Waals surface area contributed by atoms with Gasteiger partial charge in [0.25, 0.3) is 0 Å². The summed E-state index contributed by atoms with van der Waals surface area (Å²) in [5.74, 6) is -3.17. The van der Waals surface area contributed by atoms with E-state index in [1.165, 1.54) is 36.8 Å². The van der Waals surface area contributed by atoms with E-state index >= 15 is 0 Å². The molecule has 0 saturated carbocycles. The summed E-state index contributed by atoms with van der Waals surface area (Å²) in [4.78, 5) is 79.9. The van der Waals surface area contributed by atoms with Crippen molar-refractivity contribution in [1.82, 2.24) is 9.80 Å². The van der Waals surface area contributed by atoms with Gasteiger partial charge in [-0.3, -0.25) is 0 Å². The van der Waals surface area contributed by atoms with Gasteiger partial charge in [0.2, 0.25) is 0 Å². The van der Waals surface area contributed by atoms with Gasteiger partial charge in [-0.1, -0.05) is 197 Å². The number of allylic oxidation sites excluding steroid dienone is 12. The molecule has 2 unspecified atom stereocenters. The van der Waals surface area contributed by atoms with E-state index in [-0.39, 0.29) is 135 Å². The predicted octanol–water partition coefficient (Wildman–Crippen LogP) is 14.6. The van der Waals surface area contributed by atoms with Gasteiger partial charge in [0.05, 0.1) is 66.1 Å². The molecule has 0 aromatic heterocycles. The Hall–Kier alpha value is -6.08. The minimum absolute atomic E-state index is 0.0163. The molecule has 0 saturated heterocycles. The zero-order chi connectivity index (χ0) is 92.1. The Balaban J connectivity index is 0.000000813. The fraction of sp³-hybridized carbons (Fsp3) is 0.766. The van der Waals surface area contributed by atoms with Gasteiger partial charge in [0.1, 0.15) is 11.1 Å². The van der Waals surface area contributed by atoms with Crippen molar-refractivity contribution < 1.29 is 115 Å². The third kappa shape index (κ3) is 46.9. The number of esters is 6. The molecule has 0 radical (unpaired) electrons. The smallest absolute Gasteiger partial charge is 0.350 e. The molecule has 0 amide bonds. The first-order valence-corrected chi connectivity index (χ1v) is 48.9. The lowest BCUT2D eigenvalue weighted by molar-refractivity contribution is -0.149. The zero-order valence-electron chi connectivity index (χ0n) is 77.6. The molecule has 122 heavy (non-hydrogen) atoms. The van der Waals surface area contributed by atoms with E-state index < -0.39 is 55.5 Å². The Morgan fingerprint density at radius 1 is 0.328 bits per heavy atom. The highest BCUT2D eigenvalue weighted by molar-refractivity contribution is 7.95. The first-order chi connectivity index (χ1) is 57.6. The van der Waals surface area contributed by atoms with Crippen LogP contribution in [0.5, 0.6) is 0 Å². The lowest BCUT2D eigenvalue weighted by Gasteiger charge is -2.37. The highest BCUT2D eigenvalue weighted by atomic mass is 32.2. The molecule has 0 aromatic carbocycles. The summed E-state index contributed by atoms with van der Waals surface area (Å²) in [5, 5.41) is 73.1. The van der Waals surface area contributed by atoms with E-state index in [2.05, 4.69) is 69.2 Å². The number of carbonyl (C=O) groups excluding carboxylic acids is 6. The van der Waals surface area contributed by atoms with Gasteiger partial charge in [-0.25, -0.2) is 45.6 Å². The van der Waals surface area contributed by atoms with Gasteiger partial charge >= 0.3 is 35.8 Å². The first-order valence-electron chi connectivity index (χ1n) is 45.1. The van der Waals surface area contributed by atoms with Crippen molar-refractivity contribution in [1.29, 1.82) is 0 Å². The second-order valence-electron chi connectivity index (χ2n) is 36.4. The van der Waals surface area contributed by atoms with Gasteiger partial charge in [-0.05, 0) is 196 Å². The van der Waals surface area contributed by atoms with Crippen LogP contribution >= 0.6 is 0 Å². The molecule has 28 heteroatoms. The van der Waals surface area contributed by atoms with Crippen LogP contribution < -0.4 is 0 Å². The second kappa shape index (κ2) is 61.3. The normalized spacial score (nSPS) is 17.2. The van der Waals surface area contributed by atoms with Gasteiger partial charge in [-0.15, -0.1) is 0 Å². The van der Waals surface area contributed by atoms with E-state index in [9.17, 15) is 66.0 Å². The lowest BCUT2D eigenvalue weighted by atomic mass is 9.72. The average Bonchev–Trinajstić information content (AvgIpc) is 0.775. The van der Waals surface area contributed by atoms with Crippen LogP contribution in [0.1, 0.15) is 302 Å². The van der Waals surface area contributed by atoms with E-state index in [0.29, 0.717) is 150 Å². The highest BCUT2D eigenvalue weighted by Crippen LogP contribution is 2.46. The van der Waals surface area contributed by atoms with Gasteiger partial charge in [0, 0.05) is 76.5 Å². The van der Waals surface area contributed by atoms with Crippen LogP contribution in [0.15, 0.2) is 90.1 Å². The average molecular weight is 1770 g/mol. The molecular formula is C94H162N2O24S2. The number of sulfone groups is 2. The second-order valence-corrected chi connectivity index (χ2v) is 40.3. The van der Waals surface area contributed by atoms with Crippen molar-refractivity contribution in [2.75, 3.05) is 131 Å². The molecule has 0 fully saturated rings. The van der Waals surface area contributed by atoms with E-state index in [4.69, 9.17) is 48.8 Å². The fourth-order valence-corrected chi connectivity index (χ4v) is 17.3. The van der Waals surface area contributed by atoms with Crippen molar-refractivity contribution in [2.45, 2.75) is 302 Å². The molecular weight excluding hydrogens is 1610 g/mol. The number of hydrogen-bond donors (Lipinski definition) is 8. The van der Waals surface area contributed by atoms with Gasteiger partial charge in [-0.2, -0.15) is 0 Å². The largest absolute Gasteiger partial charge is 0.462 e. The Bertz CT molecular complexity index is 3350. The Labute approximate surface area is 733 Å². The number of nitrogens with zero attached hydrogens (tertiary/aromatic N) is 2. The summed E-state index contributed by atoms with van der Waals surface area (Å²) in [6.07, 6.45) is 35.6. The number of ether oxygens (including phenoxy) is 6. The number of rotatable bonds is 54. The lowest BCUT2D eigenvalue weighted by Crippen LogP contribution is -2.34. The molecule has 4 aliphatic rings. The Morgan fingerprint density at radius 3 is 0.811 bits per heavy atom. The Morgan fingerprint density at radius 2 is 0.566 bits per heavy atom. The molecule has 0 bridgehead atoms. The zero-order valence-corrected chi connectivity index (χ0v) is 79.3. The van der Waals surface area contributed by atoms with E-state index in [0.717, 1.165) is 114 Å². The van der Waals surface area contributed by atoms with Crippen molar-refractivity contribution in [3.63, 3.8) is 0 Å². The quantitative estimate of drug-likeness (QED) is 0.00700. The molecule has 0 aliphatic heterocycles. The first kappa shape index (κ1) is 114. The van der Waals surface area contributed by atoms with Gasteiger partial charge < -0.3 is 79.1 Å². The van der Waals surface area contributed by atoms with Crippen molar-refractivity contribution in [3.8, 4) is 0 Å². The maximum atomic E-state index is 12.8. The summed E-state index contributed by atoms with van der Waals surface area (Å²) in [7, 11) is -7.60. The number of carbonyl (C=O) groups is 6. The predicted molar refractivity (Wildman–Crippen MR) is 480 cm³/mol. The van der Waals surface area contributed by atoms with Crippen LogP contribution in [0.2, 0.25) is 0 Å². The van der Waals surface area contributed by atoms with E-state index in [1.807, 2.05) is 49.6 Å². The number of hydrogen-bond acceptors (Lipinski definition) is 26. The molecule has 704 valence electrons. The number of unbranched alkanes of at least 4 members (excludes halogenated alkanes) is 14. The SMILES string of the molecule is CCC(C)CC1=CC(=C(C(=O)OCCCCO)C(=O)OCCCCO)CC(C)(C)C1.CCC(C)CC1=CC(=C(C(=O)OCCCCO)C(=O)OCCCCO)CC(C)(C)C1.CCCCCCCCOC(=O)/C(=C1\C=C(N(CCO)CCO)CC(C)(C)C1)S(C)(=O)=O.CCCCCCCCOC(=O)/C(=C1\C=C(N(CCO)CCO)CC(C)(C)C1)S(C)(=O)=O. The van der Waals surface area contributed by atoms with Crippen molar-refractivity contribution in [3.05, 3.63) is 90.1 Å². The topological polar surface area (TPSA) is 394 Å². The van der Waals surface area contributed by atoms with Crippen LogP contribution in [0.4, 0.5) is 0 Å². The number of aliphatic hydroxyl groups excluding tert-OH is 8. The Kier molecular flexibility index (Phi) is 57.3. The third-order valence-corrected chi connectivity index (χ3v) is 23.9. The van der Waals surface area contributed by atoms with Crippen LogP contribution in [0, 0.1) is 33.5 Å². The maximum absolute atomic E-state index is 12.8. The summed E-state index contributed by atoms with van der Waals surface area (Å²) in [6, 6.07) is 0. The monoisotopic (exact) mass is 1770 g/mol. The van der Waals surface area contributed by atoms with Crippen LogP contribution in [-0.2, 0) is 76.9 Å². The fourth-order valence-electron chi connectivity index (χ4n) is 15.3. The van der Waals surface area contributed by atoms with Crippen LogP contribution in [0.3, 0.4) is 0 Å². The minimum Gasteiger partial charge on any atom is -0.462 e. The van der Waals surface area contributed by atoms with Crippen LogP contribution in [0.25, 0.3) is 0 Å². The minimum atomic E-state index is -3.80. The number of aliphatic hydroxyl groups is 8. The van der Waals surface area contributed by atoms with Crippen LogP contribution in [-0.4, -0.2) is 234 Å². The standard InChI is InChI=1S/2C24H40O6.2C23H41NO6S/c2*1-5-18(2)14-19-15-20(17-24(3,4)16-19)21(22(27)29-12-8-6-10-25)23(28)30-13-9-7-11-26;2*1-5-6-7-8-9-10-15-30-22(27)21(31(4,28)29)19-16-20(18-23(2,3)17-19)24(11-13-25)12-14-26/h2*15,18,25-26H,5-14,16-17H2,1-4H3;2*16,25-26H,5-15,17-18H2,1-4H3/b;;2*21-19-. The highest BCUT2D eigenvalue weighted by Gasteiger charge is 2.39. The molecule has 0 heterocycles.